The summed E-state index contributed by atoms with van der Waals surface area (Å²) < 4.78 is 21.8. The summed E-state index contributed by atoms with van der Waals surface area (Å²) in [5, 5.41) is 0.702. The molecule has 0 spiro atoms. The van der Waals surface area contributed by atoms with Crippen molar-refractivity contribution < 1.29 is 8.42 Å². The molecule has 2 aromatic rings. The molecule has 0 heterocycles. The normalized spacial score (nSPS) is 11.5. The first-order valence-corrected chi connectivity index (χ1v) is 8.57. The molecular weight excluding hydrogens is 303 g/mol. The predicted molar refractivity (Wildman–Crippen MR) is 80.2 cm³/mol. The average Bonchev–Trinajstić information content (AvgIpc) is 2.37. The Labute approximate surface area is 122 Å². The Balaban J connectivity index is 2.12. The third kappa shape index (κ3) is 4.53. The molecule has 2 nitrogen and oxygen atoms in total. The van der Waals surface area contributed by atoms with Crippen molar-refractivity contribution in [3.05, 3.63) is 59.1 Å². The van der Waals surface area contributed by atoms with E-state index < -0.39 is 9.05 Å². The first-order valence-electron chi connectivity index (χ1n) is 5.71. The Morgan fingerprint density at radius 3 is 1.79 bits per heavy atom. The SMILES string of the molecule is O=S(=O)(Cl)CCc1ccc(-c2ccc(Cl)cc2)cc1. The van der Waals surface area contributed by atoms with Gasteiger partial charge >= 0.3 is 0 Å². The van der Waals surface area contributed by atoms with Gasteiger partial charge in [-0.1, -0.05) is 48.0 Å². The molecule has 100 valence electrons. The summed E-state index contributed by atoms with van der Waals surface area (Å²) in [6.45, 7) is 0. The van der Waals surface area contributed by atoms with Crippen molar-refractivity contribution >= 4 is 31.3 Å². The van der Waals surface area contributed by atoms with Crippen LogP contribution < -0.4 is 0 Å². The molecule has 19 heavy (non-hydrogen) atoms. The van der Waals surface area contributed by atoms with Crippen molar-refractivity contribution in [2.45, 2.75) is 6.42 Å². The molecule has 0 atom stereocenters. The van der Waals surface area contributed by atoms with E-state index >= 15 is 0 Å². The third-order valence-corrected chi connectivity index (χ3v) is 4.17. The fourth-order valence-corrected chi connectivity index (χ4v) is 2.58. The molecular formula is C14H12Cl2O2S. The van der Waals surface area contributed by atoms with Crippen molar-refractivity contribution in [1.82, 2.24) is 0 Å². The number of aryl methyl sites for hydroxylation is 1. The molecule has 0 bridgehead atoms. The summed E-state index contributed by atoms with van der Waals surface area (Å²) in [6, 6.07) is 15.3. The van der Waals surface area contributed by atoms with Crippen molar-refractivity contribution in [1.29, 1.82) is 0 Å². The van der Waals surface area contributed by atoms with E-state index in [1.807, 2.05) is 48.5 Å². The van der Waals surface area contributed by atoms with Crippen molar-refractivity contribution in [2.75, 3.05) is 5.75 Å². The zero-order valence-electron chi connectivity index (χ0n) is 10.0. The molecule has 0 unspecified atom stereocenters. The first kappa shape index (κ1) is 14.4. The minimum absolute atomic E-state index is 0.0468. The summed E-state index contributed by atoms with van der Waals surface area (Å²) in [7, 11) is 1.75. The van der Waals surface area contributed by atoms with E-state index in [-0.39, 0.29) is 5.75 Å². The molecule has 0 aromatic heterocycles. The number of hydrogen-bond acceptors (Lipinski definition) is 2. The Bertz CT molecular complexity index is 647. The molecule has 0 aliphatic heterocycles. The Morgan fingerprint density at radius 2 is 1.32 bits per heavy atom. The summed E-state index contributed by atoms with van der Waals surface area (Å²) in [5.74, 6) is -0.0468. The predicted octanol–water partition coefficient (Wildman–Crippen LogP) is 4.12. The van der Waals surface area contributed by atoms with Gasteiger partial charge < -0.3 is 0 Å². The highest BCUT2D eigenvalue weighted by Crippen LogP contribution is 2.22. The Kier molecular flexibility index (Phi) is 4.50. The maximum Gasteiger partial charge on any atom is 0.232 e. The largest absolute Gasteiger partial charge is 0.232 e. The van der Waals surface area contributed by atoms with Crippen LogP contribution in [0, 0.1) is 0 Å². The maximum atomic E-state index is 10.9. The molecule has 2 aromatic carbocycles. The van der Waals surface area contributed by atoms with Gasteiger partial charge in [0.05, 0.1) is 5.75 Å². The number of rotatable bonds is 4. The molecule has 0 aliphatic carbocycles. The van der Waals surface area contributed by atoms with E-state index in [4.69, 9.17) is 22.3 Å². The lowest BCUT2D eigenvalue weighted by Gasteiger charge is -2.04. The standard InChI is InChI=1S/C14H12Cl2O2S/c15-14-7-5-13(6-8-14)12-3-1-11(2-4-12)9-10-19(16,17)18/h1-8H,9-10H2. The second-order valence-corrected chi connectivity index (χ2v) is 7.53. The zero-order valence-corrected chi connectivity index (χ0v) is 12.3. The minimum atomic E-state index is -3.43. The summed E-state index contributed by atoms with van der Waals surface area (Å²) >= 11 is 5.84. The monoisotopic (exact) mass is 314 g/mol. The molecule has 0 N–H and O–H groups in total. The second kappa shape index (κ2) is 5.95. The summed E-state index contributed by atoms with van der Waals surface area (Å²) in [6.07, 6.45) is 0.423. The van der Waals surface area contributed by atoms with Crippen LogP contribution in [0.3, 0.4) is 0 Å². The average molecular weight is 315 g/mol. The number of hydrogen-bond donors (Lipinski definition) is 0. The van der Waals surface area contributed by atoms with Crippen molar-refractivity contribution in [3.8, 4) is 11.1 Å². The summed E-state index contributed by atoms with van der Waals surface area (Å²) in [4.78, 5) is 0. The van der Waals surface area contributed by atoms with Crippen LogP contribution in [0.2, 0.25) is 5.02 Å². The lowest BCUT2D eigenvalue weighted by Crippen LogP contribution is -2.00. The quantitative estimate of drug-likeness (QED) is 0.795. The Morgan fingerprint density at radius 1 is 0.842 bits per heavy atom. The van der Waals surface area contributed by atoms with E-state index in [1.54, 1.807) is 0 Å². The highest BCUT2D eigenvalue weighted by atomic mass is 35.7. The fraction of sp³-hybridized carbons (Fsp3) is 0.143. The molecule has 0 radical (unpaired) electrons. The van der Waals surface area contributed by atoms with E-state index in [0.29, 0.717) is 11.4 Å². The molecule has 0 saturated heterocycles. The van der Waals surface area contributed by atoms with E-state index in [0.717, 1.165) is 16.7 Å². The van der Waals surface area contributed by atoms with Gasteiger partial charge in [-0.05, 0) is 35.2 Å². The van der Waals surface area contributed by atoms with Crippen LogP contribution in [0.4, 0.5) is 0 Å². The van der Waals surface area contributed by atoms with Crippen LogP contribution in [-0.2, 0) is 15.5 Å². The maximum absolute atomic E-state index is 10.9. The highest BCUT2D eigenvalue weighted by Gasteiger charge is 2.05. The smallest absolute Gasteiger partial charge is 0.212 e. The van der Waals surface area contributed by atoms with E-state index in [2.05, 4.69) is 0 Å². The fourth-order valence-electron chi connectivity index (χ4n) is 1.75. The molecule has 0 saturated carbocycles. The zero-order chi connectivity index (χ0) is 13.9. The molecule has 5 heteroatoms. The second-order valence-electron chi connectivity index (χ2n) is 4.20. The first-order chi connectivity index (χ1) is 8.94. The molecule has 0 aliphatic rings. The van der Waals surface area contributed by atoms with Gasteiger partial charge in [0.25, 0.3) is 0 Å². The van der Waals surface area contributed by atoms with Gasteiger partial charge in [0.2, 0.25) is 9.05 Å². The van der Waals surface area contributed by atoms with Crippen LogP contribution in [0.15, 0.2) is 48.5 Å². The molecule has 0 fully saturated rings. The van der Waals surface area contributed by atoms with Gasteiger partial charge in [0.15, 0.2) is 0 Å². The topological polar surface area (TPSA) is 34.1 Å². The van der Waals surface area contributed by atoms with Crippen molar-refractivity contribution in [2.24, 2.45) is 0 Å². The summed E-state index contributed by atoms with van der Waals surface area (Å²) in [5.41, 5.74) is 3.08. The van der Waals surface area contributed by atoms with Crippen LogP contribution in [0.5, 0.6) is 0 Å². The van der Waals surface area contributed by atoms with Gasteiger partial charge in [0.1, 0.15) is 0 Å². The van der Waals surface area contributed by atoms with Crippen LogP contribution in [-0.4, -0.2) is 14.2 Å². The van der Waals surface area contributed by atoms with Crippen LogP contribution in [0.25, 0.3) is 11.1 Å². The molecule has 2 rings (SSSR count). The third-order valence-electron chi connectivity index (χ3n) is 2.77. The highest BCUT2D eigenvalue weighted by molar-refractivity contribution is 8.13. The van der Waals surface area contributed by atoms with E-state index in [1.165, 1.54) is 0 Å². The van der Waals surface area contributed by atoms with Gasteiger partial charge in [-0.15, -0.1) is 0 Å². The number of benzene rings is 2. The van der Waals surface area contributed by atoms with Crippen LogP contribution >= 0.6 is 22.3 Å². The van der Waals surface area contributed by atoms with Gasteiger partial charge in [-0.25, -0.2) is 8.42 Å². The Hall–Kier alpha value is -1.03. The molecule has 0 amide bonds. The minimum Gasteiger partial charge on any atom is -0.212 e. The van der Waals surface area contributed by atoms with E-state index in [9.17, 15) is 8.42 Å². The van der Waals surface area contributed by atoms with Gasteiger partial charge in [-0.3, -0.25) is 0 Å². The van der Waals surface area contributed by atoms with Crippen molar-refractivity contribution in [3.63, 3.8) is 0 Å². The lowest BCUT2D eigenvalue weighted by atomic mass is 10.0. The van der Waals surface area contributed by atoms with Gasteiger partial charge in [-0.2, -0.15) is 0 Å². The number of halogens is 2. The van der Waals surface area contributed by atoms with Gasteiger partial charge in [0, 0.05) is 15.7 Å². The lowest BCUT2D eigenvalue weighted by molar-refractivity contribution is 0.609. The van der Waals surface area contributed by atoms with Crippen LogP contribution in [0.1, 0.15) is 5.56 Å².